The second kappa shape index (κ2) is 10.1. The second-order valence-electron chi connectivity index (χ2n) is 9.96. The number of piperazine rings is 1. The van der Waals surface area contributed by atoms with Crippen molar-refractivity contribution in [3.05, 3.63) is 52.2 Å². The van der Waals surface area contributed by atoms with Crippen molar-refractivity contribution in [2.24, 2.45) is 4.99 Å². The Morgan fingerprint density at radius 2 is 1.78 bits per heavy atom. The number of benzene rings is 1. The van der Waals surface area contributed by atoms with E-state index >= 15 is 0 Å². The summed E-state index contributed by atoms with van der Waals surface area (Å²) in [7, 11) is 0. The van der Waals surface area contributed by atoms with Crippen molar-refractivity contribution in [2.45, 2.75) is 32.7 Å². The number of carbonyl (C=O) groups is 1. The number of hydrogen-bond donors (Lipinski definition) is 0. The normalized spacial score (nSPS) is 20.2. The lowest BCUT2D eigenvalue weighted by molar-refractivity contribution is -0.113. The van der Waals surface area contributed by atoms with E-state index in [1.165, 1.54) is 11.8 Å². The first kappa shape index (κ1) is 24.5. The van der Waals surface area contributed by atoms with Gasteiger partial charge in [0.05, 0.1) is 33.2 Å². The van der Waals surface area contributed by atoms with Gasteiger partial charge in [0.2, 0.25) is 0 Å². The van der Waals surface area contributed by atoms with Crippen LogP contribution in [0.4, 0.5) is 5.69 Å². The monoisotopic (exact) mass is 535 g/mol. The van der Waals surface area contributed by atoms with E-state index in [1.54, 1.807) is 0 Å². The van der Waals surface area contributed by atoms with Crippen LogP contribution in [-0.4, -0.2) is 80.8 Å². The molecule has 192 valence electrons. The van der Waals surface area contributed by atoms with Crippen LogP contribution in [-0.2, 0) is 4.79 Å². The van der Waals surface area contributed by atoms with Gasteiger partial charge in [0.15, 0.2) is 10.8 Å². The SMILES string of the molecule is CC(C)N1CCN(c2ccc(-c3cnc4ccc(C=C5SC(N6CCCC6)=NC5=O)nn34)cc2Cl)CC1. The molecule has 37 heavy (non-hydrogen) atoms. The predicted octanol–water partition coefficient (Wildman–Crippen LogP) is 4.65. The summed E-state index contributed by atoms with van der Waals surface area (Å²) in [5.74, 6) is -0.198. The van der Waals surface area contributed by atoms with E-state index in [0.717, 1.165) is 84.9 Å². The van der Waals surface area contributed by atoms with Crippen LogP contribution < -0.4 is 4.90 Å². The molecule has 1 amide bonds. The van der Waals surface area contributed by atoms with Crippen molar-refractivity contribution in [3.8, 4) is 11.3 Å². The third-order valence-corrected chi connectivity index (χ3v) is 8.62. The molecule has 3 aliphatic rings. The van der Waals surface area contributed by atoms with E-state index in [-0.39, 0.29) is 5.91 Å². The number of imidazole rings is 1. The van der Waals surface area contributed by atoms with Gasteiger partial charge in [0.1, 0.15) is 0 Å². The molecule has 0 spiro atoms. The van der Waals surface area contributed by atoms with Crippen molar-refractivity contribution < 1.29 is 4.79 Å². The van der Waals surface area contributed by atoms with Gasteiger partial charge in [-0.2, -0.15) is 10.1 Å². The molecule has 0 bridgehead atoms. The molecule has 3 aliphatic heterocycles. The van der Waals surface area contributed by atoms with Gasteiger partial charge in [0.25, 0.3) is 5.91 Å². The minimum atomic E-state index is -0.198. The molecule has 1 aromatic carbocycles. The summed E-state index contributed by atoms with van der Waals surface area (Å²) in [6.07, 6.45) is 5.92. The summed E-state index contributed by atoms with van der Waals surface area (Å²) in [4.78, 5) is 29.0. The smallest absolute Gasteiger partial charge is 0.286 e. The van der Waals surface area contributed by atoms with Crippen molar-refractivity contribution in [3.63, 3.8) is 0 Å². The number of nitrogens with zero attached hydrogens (tertiary/aromatic N) is 7. The number of aliphatic imine (C=N–C) groups is 1. The van der Waals surface area contributed by atoms with Crippen molar-refractivity contribution in [1.29, 1.82) is 0 Å². The van der Waals surface area contributed by atoms with Gasteiger partial charge < -0.3 is 9.80 Å². The Kier molecular flexibility index (Phi) is 6.69. The molecule has 0 N–H and O–H groups in total. The van der Waals surface area contributed by atoms with Crippen LogP contribution in [0.1, 0.15) is 32.4 Å². The van der Waals surface area contributed by atoms with Crippen molar-refractivity contribution >= 4 is 51.8 Å². The Balaban J connectivity index is 1.23. The van der Waals surface area contributed by atoms with E-state index in [9.17, 15) is 4.79 Å². The summed E-state index contributed by atoms with van der Waals surface area (Å²) in [5, 5.41) is 6.32. The molecule has 5 heterocycles. The highest BCUT2D eigenvalue weighted by atomic mass is 35.5. The Labute approximate surface area is 226 Å². The number of halogens is 1. The molecule has 2 fully saturated rings. The lowest BCUT2D eigenvalue weighted by Crippen LogP contribution is -2.49. The van der Waals surface area contributed by atoms with Gasteiger partial charge in [-0.15, -0.1) is 0 Å². The summed E-state index contributed by atoms with van der Waals surface area (Å²) < 4.78 is 1.81. The minimum Gasteiger partial charge on any atom is -0.368 e. The van der Waals surface area contributed by atoms with Crippen LogP contribution in [0.25, 0.3) is 23.0 Å². The van der Waals surface area contributed by atoms with Gasteiger partial charge >= 0.3 is 0 Å². The highest BCUT2D eigenvalue weighted by Crippen LogP contribution is 2.33. The van der Waals surface area contributed by atoms with Crippen LogP contribution in [0.15, 0.2) is 46.4 Å². The number of likely N-dealkylation sites (tertiary alicyclic amines) is 1. The number of amides is 1. The number of rotatable bonds is 4. The van der Waals surface area contributed by atoms with Gasteiger partial charge in [0, 0.05) is 50.9 Å². The first-order valence-corrected chi connectivity index (χ1v) is 14.1. The number of anilines is 1. The molecule has 6 rings (SSSR count). The number of aromatic nitrogens is 3. The maximum absolute atomic E-state index is 12.5. The summed E-state index contributed by atoms with van der Waals surface area (Å²) in [6.45, 7) is 10.4. The number of hydrogen-bond acceptors (Lipinski definition) is 7. The zero-order valence-corrected chi connectivity index (χ0v) is 22.7. The average molecular weight is 536 g/mol. The minimum absolute atomic E-state index is 0.198. The number of carbonyl (C=O) groups excluding carboxylic acids is 1. The topological polar surface area (TPSA) is 69.3 Å². The van der Waals surface area contributed by atoms with Crippen LogP contribution in [0.3, 0.4) is 0 Å². The maximum atomic E-state index is 12.5. The van der Waals surface area contributed by atoms with Gasteiger partial charge in [-0.3, -0.25) is 9.69 Å². The average Bonchev–Trinajstić information content (AvgIpc) is 3.65. The molecule has 0 saturated carbocycles. The number of thioether (sulfide) groups is 1. The fourth-order valence-corrected chi connectivity index (χ4v) is 6.39. The van der Waals surface area contributed by atoms with Crippen LogP contribution >= 0.6 is 23.4 Å². The third-order valence-electron chi connectivity index (χ3n) is 7.28. The first-order valence-electron chi connectivity index (χ1n) is 12.9. The molecule has 10 heteroatoms. The standard InChI is InChI=1S/C27H30ClN7OS/c1-18(2)32-11-13-33(14-12-32)22-7-5-19(15-21(22)28)23-17-29-25-8-6-20(31-35(23)25)16-24-26(36)30-27(37-24)34-9-3-4-10-34/h5-8,15-18H,3-4,9-14H2,1-2H3. The summed E-state index contributed by atoms with van der Waals surface area (Å²) >= 11 is 8.22. The molecule has 2 saturated heterocycles. The lowest BCUT2D eigenvalue weighted by Gasteiger charge is -2.38. The number of fused-ring (bicyclic) bond motifs is 1. The first-order chi connectivity index (χ1) is 18.0. The van der Waals surface area contributed by atoms with Gasteiger partial charge in [-0.1, -0.05) is 17.7 Å². The lowest BCUT2D eigenvalue weighted by atomic mass is 10.1. The Bertz CT molecular complexity index is 1400. The van der Waals surface area contributed by atoms with Crippen LogP contribution in [0.5, 0.6) is 0 Å². The predicted molar refractivity (Wildman–Crippen MR) is 151 cm³/mol. The molecule has 0 unspecified atom stereocenters. The Morgan fingerprint density at radius 3 is 2.51 bits per heavy atom. The number of amidine groups is 1. The Morgan fingerprint density at radius 1 is 1.00 bits per heavy atom. The molecule has 2 aromatic heterocycles. The maximum Gasteiger partial charge on any atom is 0.286 e. The van der Waals surface area contributed by atoms with E-state index in [4.69, 9.17) is 16.7 Å². The van der Waals surface area contributed by atoms with Gasteiger partial charge in [-0.25, -0.2) is 9.50 Å². The van der Waals surface area contributed by atoms with E-state index < -0.39 is 0 Å². The van der Waals surface area contributed by atoms with E-state index in [1.807, 2.05) is 35.0 Å². The Hall–Kier alpha value is -2.88. The quantitative estimate of drug-likeness (QED) is 0.450. The molecule has 8 nitrogen and oxygen atoms in total. The summed E-state index contributed by atoms with van der Waals surface area (Å²) in [6, 6.07) is 10.5. The highest BCUT2D eigenvalue weighted by Gasteiger charge is 2.28. The van der Waals surface area contributed by atoms with Gasteiger partial charge in [-0.05, 0) is 68.8 Å². The van der Waals surface area contributed by atoms with E-state index in [2.05, 4.69) is 50.7 Å². The van der Waals surface area contributed by atoms with Crippen LogP contribution in [0, 0.1) is 0 Å². The molecule has 0 atom stereocenters. The van der Waals surface area contributed by atoms with Crippen LogP contribution in [0.2, 0.25) is 5.02 Å². The molecular weight excluding hydrogens is 506 g/mol. The van der Waals surface area contributed by atoms with Crippen molar-refractivity contribution in [2.75, 3.05) is 44.2 Å². The second-order valence-corrected chi connectivity index (χ2v) is 11.4. The van der Waals surface area contributed by atoms with E-state index in [0.29, 0.717) is 16.6 Å². The fraction of sp³-hybridized carbons (Fsp3) is 0.407. The van der Waals surface area contributed by atoms with Crippen molar-refractivity contribution in [1.82, 2.24) is 24.4 Å². The highest BCUT2D eigenvalue weighted by molar-refractivity contribution is 8.18. The zero-order valence-electron chi connectivity index (χ0n) is 21.1. The molecule has 0 aliphatic carbocycles. The summed E-state index contributed by atoms with van der Waals surface area (Å²) in [5.41, 5.74) is 4.29. The molecular formula is C27H30ClN7OS. The molecule has 0 radical (unpaired) electrons. The molecule has 3 aromatic rings. The zero-order chi connectivity index (χ0) is 25.5. The largest absolute Gasteiger partial charge is 0.368 e. The fourth-order valence-electron chi connectivity index (χ4n) is 5.14. The third kappa shape index (κ3) is 4.87.